The van der Waals surface area contributed by atoms with Crippen LogP contribution in [0.25, 0.3) is 0 Å². The van der Waals surface area contributed by atoms with E-state index in [4.69, 9.17) is 11.6 Å². The second kappa shape index (κ2) is 6.60. The lowest BCUT2D eigenvalue weighted by Gasteiger charge is -2.33. The molecule has 0 spiro atoms. The van der Waals surface area contributed by atoms with Gasteiger partial charge in [0.25, 0.3) is 0 Å². The summed E-state index contributed by atoms with van der Waals surface area (Å²) in [6.07, 6.45) is 5.58. The SMILES string of the molecule is O=C(CCCl)N1CCC(CN2CCCC2)CC1. The van der Waals surface area contributed by atoms with Gasteiger partial charge in [0.1, 0.15) is 0 Å². The Kier molecular flexibility index (Phi) is 5.11. The van der Waals surface area contributed by atoms with Crippen LogP contribution in [0.15, 0.2) is 0 Å². The Hall–Kier alpha value is -0.280. The summed E-state index contributed by atoms with van der Waals surface area (Å²) in [6.45, 7) is 5.69. The molecule has 0 unspecified atom stereocenters. The van der Waals surface area contributed by atoms with Crippen molar-refractivity contribution in [3.63, 3.8) is 0 Å². The van der Waals surface area contributed by atoms with Crippen molar-refractivity contribution in [1.82, 2.24) is 9.80 Å². The molecule has 98 valence electrons. The summed E-state index contributed by atoms with van der Waals surface area (Å²) in [7, 11) is 0. The van der Waals surface area contributed by atoms with Gasteiger partial charge < -0.3 is 9.80 Å². The van der Waals surface area contributed by atoms with Gasteiger partial charge in [0.15, 0.2) is 0 Å². The highest BCUT2D eigenvalue weighted by Gasteiger charge is 2.24. The minimum Gasteiger partial charge on any atom is -0.343 e. The first-order valence-electron chi connectivity index (χ1n) is 6.85. The molecule has 0 bridgehead atoms. The van der Waals surface area contributed by atoms with Gasteiger partial charge >= 0.3 is 0 Å². The second-order valence-corrected chi connectivity index (χ2v) is 5.65. The van der Waals surface area contributed by atoms with Crippen molar-refractivity contribution >= 4 is 17.5 Å². The minimum absolute atomic E-state index is 0.236. The van der Waals surface area contributed by atoms with E-state index in [0.717, 1.165) is 19.0 Å². The lowest BCUT2D eigenvalue weighted by molar-refractivity contribution is -0.132. The van der Waals surface area contributed by atoms with E-state index in [1.165, 1.54) is 45.3 Å². The fourth-order valence-corrected chi connectivity index (χ4v) is 3.10. The van der Waals surface area contributed by atoms with Crippen molar-refractivity contribution in [3.05, 3.63) is 0 Å². The number of hydrogen-bond acceptors (Lipinski definition) is 2. The molecule has 2 aliphatic rings. The zero-order valence-corrected chi connectivity index (χ0v) is 11.3. The normalized spacial score (nSPS) is 23.2. The third-order valence-corrected chi connectivity index (χ3v) is 4.18. The average molecular weight is 259 g/mol. The molecule has 0 aromatic carbocycles. The van der Waals surface area contributed by atoms with E-state index in [1.54, 1.807) is 0 Å². The number of carbonyl (C=O) groups excluding carboxylic acids is 1. The molecule has 0 aliphatic carbocycles. The van der Waals surface area contributed by atoms with Gasteiger partial charge in [0.2, 0.25) is 5.91 Å². The number of rotatable bonds is 4. The average Bonchev–Trinajstić information content (AvgIpc) is 2.83. The molecule has 0 N–H and O–H groups in total. The smallest absolute Gasteiger partial charge is 0.223 e. The molecular formula is C13H23ClN2O. The van der Waals surface area contributed by atoms with Crippen LogP contribution in [0, 0.1) is 5.92 Å². The van der Waals surface area contributed by atoms with Crippen molar-refractivity contribution in [2.24, 2.45) is 5.92 Å². The number of carbonyl (C=O) groups is 1. The van der Waals surface area contributed by atoms with Gasteiger partial charge in [-0.3, -0.25) is 4.79 Å². The van der Waals surface area contributed by atoms with Gasteiger partial charge in [-0.1, -0.05) is 0 Å². The summed E-state index contributed by atoms with van der Waals surface area (Å²) in [5.74, 6) is 1.49. The molecule has 2 rings (SSSR count). The van der Waals surface area contributed by atoms with Gasteiger partial charge in [-0.15, -0.1) is 11.6 Å². The molecule has 2 aliphatic heterocycles. The summed E-state index contributed by atoms with van der Waals surface area (Å²) < 4.78 is 0. The summed E-state index contributed by atoms with van der Waals surface area (Å²) in [6, 6.07) is 0. The molecular weight excluding hydrogens is 236 g/mol. The van der Waals surface area contributed by atoms with Crippen molar-refractivity contribution in [3.8, 4) is 0 Å². The number of halogens is 1. The summed E-state index contributed by atoms with van der Waals surface area (Å²) in [5, 5.41) is 0. The van der Waals surface area contributed by atoms with Crippen LogP contribution in [0.3, 0.4) is 0 Å². The molecule has 2 fully saturated rings. The topological polar surface area (TPSA) is 23.6 Å². The van der Waals surface area contributed by atoms with Gasteiger partial charge in [-0.25, -0.2) is 0 Å². The maximum absolute atomic E-state index is 11.7. The number of nitrogens with zero attached hydrogens (tertiary/aromatic N) is 2. The van der Waals surface area contributed by atoms with E-state index < -0.39 is 0 Å². The third-order valence-electron chi connectivity index (χ3n) is 3.99. The lowest BCUT2D eigenvalue weighted by Crippen LogP contribution is -2.41. The Labute approximate surface area is 109 Å². The van der Waals surface area contributed by atoms with Gasteiger partial charge in [0, 0.05) is 31.9 Å². The number of amides is 1. The van der Waals surface area contributed by atoms with Crippen molar-refractivity contribution < 1.29 is 4.79 Å². The molecule has 0 aromatic rings. The molecule has 2 saturated heterocycles. The van der Waals surface area contributed by atoms with E-state index in [9.17, 15) is 4.79 Å². The van der Waals surface area contributed by atoms with E-state index in [-0.39, 0.29) is 5.91 Å². The largest absolute Gasteiger partial charge is 0.343 e. The van der Waals surface area contributed by atoms with Crippen molar-refractivity contribution in [2.45, 2.75) is 32.1 Å². The lowest BCUT2D eigenvalue weighted by atomic mass is 9.96. The highest BCUT2D eigenvalue weighted by Crippen LogP contribution is 2.21. The van der Waals surface area contributed by atoms with Crippen LogP contribution in [-0.2, 0) is 4.79 Å². The first-order chi connectivity index (χ1) is 8.29. The fraction of sp³-hybridized carbons (Fsp3) is 0.923. The van der Waals surface area contributed by atoms with Crippen LogP contribution < -0.4 is 0 Å². The first kappa shape index (κ1) is 13.2. The first-order valence-corrected chi connectivity index (χ1v) is 7.39. The zero-order chi connectivity index (χ0) is 12.1. The van der Waals surface area contributed by atoms with Crippen molar-refractivity contribution in [2.75, 3.05) is 38.6 Å². The Bertz CT molecular complexity index is 246. The van der Waals surface area contributed by atoms with Crippen LogP contribution in [0.4, 0.5) is 0 Å². The third kappa shape index (κ3) is 3.85. The Morgan fingerprint density at radius 1 is 1.12 bits per heavy atom. The Morgan fingerprint density at radius 2 is 1.76 bits per heavy atom. The van der Waals surface area contributed by atoms with E-state index in [2.05, 4.69) is 4.90 Å². The van der Waals surface area contributed by atoms with Gasteiger partial charge in [-0.2, -0.15) is 0 Å². The van der Waals surface area contributed by atoms with Crippen molar-refractivity contribution in [1.29, 1.82) is 0 Å². The maximum atomic E-state index is 11.7. The van der Waals surface area contributed by atoms with Gasteiger partial charge in [-0.05, 0) is 44.7 Å². The van der Waals surface area contributed by atoms with Crippen LogP contribution in [0.5, 0.6) is 0 Å². The summed E-state index contributed by atoms with van der Waals surface area (Å²) in [4.78, 5) is 16.3. The summed E-state index contributed by atoms with van der Waals surface area (Å²) >= 11 is 5.60. The predicted octanol–water partition coefficient (Wildman–Crippen LogP) is 1.95. The molecule has 0 aromatic heterocycles. The molecule has 3 nitrogen and oxygen atoms in total. The number of piperidine rings is 1. The minimum atomic E-state index is 0.236. The Morgan fingerprint density at radius 3 is 2.35 bits per heavy atom. The fourth-order valence-electron chi connectivity index (χ4n) is 2.93. The van der Waals surface area contributed by atoms with E-state index in [1.807, 2.05) is 4.90 Å². The van der Waals surface area contributed by atoms with E-state index >= 15 is 0 Å². The molecule has 17 heavy (non-hydrogen) atoms. The van der Waals surface area contributed by atoms with E-state index in [0.29, 0.717) is 12.3 Å². The van der Waals surface area contributed by atoms with Crippen LogP contribution in [0.2, 0.25) is 0 Å². The molecule has 2 heterocycles. The van der Waals surface area contributed by atoms with Crippen LogP contribution >= 0.6 is 11.6 Å². The second-order valence-electron chi connectivity index (χ2n) is 5.27. The monoisotopic (exact) mass is 258 g/mol. The zero-order valence-electron chi connectivity index (χ0n) is 10.5. The Balaban J connectivity index is 1.68. The highest BCUT2D eigenvalue weighted by molar-refractivity contribution is 6.18. The molecule has 1 amide bonds. The molecule has 0 radical (unpaired) electrons. The van der Waals surface area contributed by atoms with Crippen LogP contribution in [-0.4, -0.2) is 54.3 Å². The quantitative estimate of drug-likeness (QED) is 0.720. The number of likely N-dealkylation sites (tertiary alicyclic amines) is 2. The number of alkyl halides is 1. The molecule has 0 atom stereocenters. The molecule has 4 heteroatoms. The maximum Gasteiger partial charge on any atom is 0.223 e. The highest BCUT2D eigenvalue weighted by atomic mass is 35.5. The summed E-state index contributed by atoms with van der Waals surface area (Å²) in [5.41, 5.74) is 0. The number of hydrogen-bond donors (Lipinski definition) is 0. The molecule has 0 saturated carbocycles. The van der Waals surface area contributed by atoms with Crippen LogP contribution in [0.1, 0.15) is 32.1 Å². The predicted molar refractivity (Wildman–Crippen MR) is 70.3 cm³/mol. The van der Waals surface area contributed by atoms with Gasteiger partial charge in [0.05, 0.1) is 0 Å². The standard InChI is InChI=1S/C13H23ClN2O/c14-6-3-13(17)16-9-4-12(5-10-16)11-15-7-1-2-8-15/h12H,1-11H2.